The highest BCUT2D eigenvalue weighted by Crippen LogP contribution is 2.45. The van der Waals surface area contributed by atoms with Crippen LogP contribution in [0.25, 0.3) is 0 Å². The first-order valence-electron chi connectivity index (χ1n) is 13.1. The monoisotopic (exact) mass is 538 g/mol. The minimum atomic E-state index is -4.18. The second-order valence-corrected chi connectivity index (χ2v) is 14.5. The molecule has 1 amide bonds. The number of ether oxygens (including phenoxy) is 1. The van der Waals surface area contributed by atoms with E-state index in [2.05, 4.69) is 4.72 Å². The van der Waals surface area contributed by atoms with Gasteiger partial charge < -0.3 is 18.9 Å². The Kier molecular flexibility index (Phi) is 7.27. The molecule has 1 aromatic carbocycles. The Hall–Kier alpha value is -1.69. The summed E-state index contributed by atoms with van der Waals surface area (Å²) in [5, 5.41) is -2.22. The van der Waals surface area contributed by atoms with Gasteiger partial charge in [-0.05, 0) is 78.8 Å². The van der Waals surface area contributed by atoms with Crippen LogP contribution in [0.3, 0.4) is 0 Å². The fourth-order valence-electron chi connectivity index (χ4n) is 4.75. The van der Waals surface area contributed by atoms with Crippen LogP contribution >= 0.6 is 0 Å². The fraction of sp³-hybridized carbons (Fsp3) is 0.731. The molecule has 11 heteroatoms. The van der Waals surface area contributed by atoms with E-state index in [0.29, 0.717) is 25.8 Å². The van der Waals surface area contributed by atoms with E-state index in [1.54, 1.807) is 25.7 Å². The zero-order valence-corrected chi connectivity index (χ0v) is 23.8. The van der Waals surface area contributed by atoms with Crippen LogP contribution in [-0.4, -0.2) is 67.0 Å². The van der Waals surface area contributed by atoms with Gasteiger partial charge in [-0.1, -0.05) is 24.3 Å². The van der Waals surface area contributed by atoms with Gasteiger partial charge in [-0.2, -0.15) is 0 Å². The maximum atomic E-state index is 14.6. The summed E-state index contributed by atoms with van der Waals surface area (Å²) in [5.41, 5.74) is 0.0479. The zero-order valence-electron chi connectivity index (χ0n) is 23.0. The van der Waals surface area contributed by atoms with Crippen molar-refractivity contribution in [1.29, 1.82) is 0 Å². The highest BCUT2D eigenvalue weighted by atomic mass is 32.2. The molecule has 1 aromatic rings. The smallest absolute Gasteiger partial charge is 0.444 e. The number of rotatable bonds is 6. The van der Waals surface area contributed by atoms with Crippen molar-refractivity contribution < 1.29 is 31.6 Å². The number of likely N-dealkylation sites (tertiary alicyclic amines) is 1. The predicted molar refractivity (Wildman–Crippen MR) is 141 cm³/mol. The van der Waals surface area contributed by atoms with Gasteiger partial charge in [0, 0.05) is 25.4 Å². The maximum absolute atomic E-state index is 14.6. The summed E-state index contributed by atoms with van der Waals surface area (Å²) < 4.78 is 60.9. The average Bonchev–Trinajstić information content (AvgIpc) is 3.47. The van der Waals surface area contributed by atoms with Gasteiger partial charge in [0.05, 0.1) is 17.2 Å². The van der Waals surface area contributed by atoms with Crippen molar-refractivity contribution in [1.82, 2.24) is 9.62 Å². The molecule has 2 heterocycles. The quantitative estimate of drug-likeness (QED) is 0.556. The molecule has 206 valence electrons. The number of halogens is 1. The van der Waals surface area contributed by atoms with Crippen LogP contribution in [0, 0.1) is 0 Å². The number of sulfonamides is 1. The Morgan fingerprint density at radius 1 is 1.19 bits per heavy atom. The van der Waals surface area contributed by atoms with Crippen molar-refractivity contribution in [3.05, 3.63) is 29.8 Å². The van der Waals surface area contributed by atoms with E-state index in [4.69, 9.17) is 14.0 Å². The summed E-state index contributed by atoms with van der Waals surface area (Å²) in [5.74, 6) is 0. The third-order valence-electron chi connectivity index (χ3n) is 7.76. The normalized spacial score (nSPS) is 26.7. The Balaban J connectivity index is 1.61. The van der Waals surface area contributed by atoms with Gasteiger partial charge in [0.2, 0.25) is 15.0 Å². The number of carbonyl (C=O) groups excluding carboxylic acids is 1. The van der Waals surface area contributed by atoms with Gasteiger partial charge in [-0.15, -0.1) is 0 Å². The molecule has 4 rings (SSSR count). The minimum Gasteiger partial charge on any atom is -0.444 e. The molecule has 2 saturated heterocycles. The van der Waals surface area contributed by atoms with Crippen LogP contribution in [-0.2, 0) is 30.5 Å². The summed E-state index contributed by atoms with van der Waals surface area (Å²) in [4.78, 5) is 14.8. The molecule has 0 aromatic heterocycles. The molecule has 2 atom stereocenters. The number of benzene rings is 1. The van der Waals surface area contributed by atoms with E-state index in [-0.39, 0.29) is 12.8 Å². The number of nitrogens with one attached hydrogen (secondary N) is 1. The molecule has 1 N–H and O–H groups in total. The number of nitrogens with zero attached hydrogens (tertiary/aromatic N) is 1. The van der Waals surface area contributed by atoms with Gasteiger partial charge in [-0.25, -0.2) is 22.3 Å². The largest absolute Gasteiger partial charge is 0.494 e. The van der Waals surface area contributed by atoms with Crippen LogP contribution in [0.15, 0.2) is 24.3 Å². The first-order valence-corrected chi connectivity index (χ1v) is 14.6. The molecular formula is C26H40BFN2O6S. The second kappa shape index (κ2) is 9.50. The number of alkyl halides is 1. The van der Waals surface area contributed by atoms with Crippen LogP contribution in [0.1, 0.15) is 79.7 Å². The molecular weight excluding hydrogens is 498 g/mol. The van der Waals surface area contributed by atoms with Gasteiger partial charge in [0.25, 0.3) is 0 Å². The van der Waals surface area contributed by atoms with Crippen molar-refractivity contribution in [2.75, 3.05) is 6.54 Å². The molecule has 0 bridgehead atoms. The Morgan fingerprint density at radius 2 is 1.81 bits per heavy atom. The SMILES string of the molecule is CC(C)(C)OC(=O)N1CCCC(NS(=O)(=O)C2(F)CC2)C1Cc1cccc(B2OC(C)(C)C(C)(C)O2)c1. The van der Waals surface area contributed by atoms with Crippen molar-refractivity contribution in [2.24, 2.45) is 0 Å². The second-order valence-electron chi connectivity index (χ2n) is 12.5. The van der Waals surface area contributed by atoms with Crippen molar-refractivity contribution in [2.45, 2.75) is 114 Å². The molecule has 0 radical (unpaired) electrons. The number of piperidine rings is 1. The van der Waals surface area contributed by atoms with Gasteiger partial charge in [-0.3, -0.25) is 0 Å². The minimum absolute atomic E-state index is 0.00830. The van der Waals surface area contributed by atoms with Crippen LogP contribution < -0.4 is 10.2 Å². The summed E-state index contributed by atoms with van der Waals surface area (Å²) in [7, 11) is -4.73. The number of amides is 1. The molecule has 2 aliphatic heterocycles. The maximum Gasteiger partial charge on any atom is 0.494 e. The standard InChI is InChI=1S/C26H40BFN2O6S/c1-23(2,3)34-22(31)30-15-9-12-20(29-37(32,33)26(28)13-14-26)21(30)17-18-10-8-11-19(16-18)27-35-24(4,5)25(6,7)36-27/h8,10-11,16,20-21,29H,9,12-15,17H2,1-7H3. The third-order valence-corrected chi connectivity index (χ3v) is 9.74. The van der Waals surface area contributed by atoms with E-state index in [1.165, 1.54) is 0 Å². The number of hydrogen-bond acceptors (Lipinski definition) is 6. The highest BCUT2D eigenvalue weighted by molar-refractivity contribution is 7.91. The first kappa shape index (κ1) is 28.3. The molecule has 3 aliphatic rings. The lowest BCUT2D eigenvalue weighted by atomic mass is 9.77. The Bertz CT molecular complexity index is 1120. The van der Waals surface area contributed by atoms with E-state index < -0.39 is 57.1 Å². The van der Waals surface area contributed by atoms with E-state index in [1.807, 2.05) is 52.0 Å². The summed E-state index contributed by atoms with van der Waals surface area (Å²) in [6.45, 7) is 13.8. The Labute approximate surface area is 220 Å². The predicted octanol–water partition coefficient (Wildman–Crippen LogP) is 3.68. The topological polar surface area (TPSA) is 94.2 Å². The van der Waals surface area contributed by atoms with Crippen LogP contribution in [0.4, 0.5) is 9.18 Å². The van der Waals surface area contributed by atoms with E-state index in [0.717, 1.165) is 11.0 Å². The van der Waals surface area contributed by atoms with Gasteiger partial charge in [0.15, 0.2) is 0 Å². The molecule has 8 nitrogen and oxygen atoms in total. The molecule has 0 spiro atoms. The average molecular weight is 538 g/mol. The summed E-state index contributed by atoms with van der Waals surface area (Å²) >= 11 is 0. The third kappa shape index (κ3) is 5.99. The molecule has 2 unspecified atom stereocenters. The van der Waals surface area contributed by atoms with Gasteiger partial charge >= 0.3 is 13.2 Å². The molecule has 37 heavy (non-hydrogen) atoms. The zero-order chi connectivity index (χ0) is 27.4. The van der Waals surface area contributed by atoms with E-state index in [9.17, 15) is 17.6 Å². The number of carbonyl (C=O) groups is 1. The highest BCUT2D eigenvalue weighted by Gasteiger charge is 2.57. The summed E-state index contributed by atoms with van der Waals surface area (Å²) in [6, 6.07) is 6.54. The first-order chi connectivity index (χ1) is 16.9. The van der Waals surface area contributed by atoms with E-state index >= 15 is 0 Å². The Morgan fingerprint density at radius 3 is 2.38 bits per heavy atom. The molecule has 1 aliphatic carbocycles. The summed E-state index contributed by atoms with van der Waals surface area (Å²) in [6.07, 6.45) is 0.910. The van der Waals surface area contributed by atoms with Crippen molar-refractivity contribution in [3.63, 3.8) is 0 Å². The van der Waals surface area contributed by atoms with Gasteiger partial charge in [0.1, 0.15) is 5.60 Å². The molecule has 3 fully saturated rings. The van der Waals surface area contributed by atoms with Crippen LogP contribution in [0.5, 0.6) is 0 Å². The lowest BCUT2D eigenvalue weighted by Crippen LogP contribution is -2.59. The van der Waals surface area contributed by atoms with Crippen molar-refractivity contribution in [3.8, 4) is 0 Å². The number of hydrogen-bond donors (Lipinski definition) is 1. The fourth-order valence-corrected chi connectivity index (χ4v) is 6.28. The lowest BCUT2D eigenvalue weighted by Gasteiger charge is -2.42. The molecule has 1 saturated carbocycles. The van der Waals surface area contributed by atoms with Crippen molar-refractivity contribution >= 4 is 28.7 Å². The lowest BCUT2D eigenvalue weighted by molar-refractivity contribution is 0.00578. The van der Waals surface area contributed by atoms with Crippen LogP contribution in [0.2, 0.25) is 0 Å².